The van der Waals surface area contributed by atoms with Gasteiger partial charge in [-0.1, -0.05) is 26.8 Å². The Morgan fingerprint density at radius 3 is 2.42 bits per heavy atom. The number of piperidine rings is 1. The SMILES string of the molecule is CC(C)(C)CC(=P)N1CCc2ccc(N3CCC(F)(F)CC3)nc2CC1. The minimum absolute atomic E-state index is 0.0754. The summed E-state index contributed by atoms with van der Waals surface area (Å²) >= 11 is 0. The lowest BCUT2D eigenvalue weighted by Crippen LogP contribution is -2.39. The molecule has 1 aromatic heterocycles. The highest BCUT2D eigenvalue weighted by Crippen LogP contribution is 2.30. The molecule has 0 saturated carbocycles. The zero-order valence-electron chi connectivity index (χ0n) is 16.1. The second-order valence-corrected chi connectivity index (χ2v) is 9.37. The summed E-state index contributed by atoms with van der Waals surface area (Å²) in [4.78, 5) is 9.25. The van der Waals surface area contributed by atoms with Crippen molar-refractivity contribution in [3.63, 3.8) is 0 Å². The van der Waals surface area contributed by atoms with Gasteiger partial charge in [0.05, 0.1) is 0 Å². The van der Waals surface area contributed by atoms with Crippen molar-refractivity contribution in [2.75, 3.05) is 31.1 Å². The van der Waals surface area contributed by atoms with Gasteiger partial charge in [-0.3, -0.25) is 4.90 Å². The summed E-state index contributed by atoms with van der Waals surface area (Å²) in [5.41, 5.74) is 3.91. The van der Waals surface area contributed by atoms with Crippen molar-refractivity contribution in [3.05, 3.63) is 23.4 Å². The largest absolute Gasteiger partial charge is 0.356 e. The van der Waals surface area contributed by atoms with Crippen molar-refractivity contribution in [1.29, 1.82) is 0 Å². The molecule has 3 heterocycles. The molecule has 3 rings (SSSR count). The number of rotatable bonds is 3. The first-order valence-electron chi connectivity index (χ1n) is 9.57. The minimum atomic E-state index is -2.52. The molecule has 6 heteroatoms. The molecule has 0 amide bonds. The summed E-state index contributed by atoms with van der Waals surface area (Å²) in [5.74, 6) is -1.66. The lowest BCUT2D eigenvalue weighted by atomic mass is 9.92. The first kappa shape index (κ1) is 19.7. The molecule has 0 spiro atoms. The average molecular weight is 381 g/mol. The smallest absolute Gasteiger partial charge is 0.251 e. The van der Waals surface area contributed by atoms with E-state index < -0.39 is 5.92 Å². The van der Waals surface area contributed by atoms with Crippen LogP contribution in [0.15, 0.2) is 12.1 Å². The topological polar surface area (TPSA) is 19.4 Å². The standard InChI is InChI=1S/C20H30F2N3P/c1-19(2,3)14-18(26)25-10-6-15-4-5-17(23-16(15)7-11-25)24-12-8-20(21,22)9-13-24/h4-5,26H,6-14H2,1-3H3. The number of aromatic nitrogens is 1. The van der Waals surface area contributed by atoms with Gasteiger partial charge >= 0.3 is 0 Å². The fraction of sp³-hybridized carbons (Fsp3) is 0.700. The molecule has 0 radical (unpaired) electrons. The van der Waals surface area contributed by atoms with E-state index in [2.05, 4.69) is 40.6 Å². The highest BCUT2D eigenvalue weighted by atomic mass is 31.0. The zero-order chi connectivity index (χ0) is 18.9. The van der Waals surface area contributed by atoms with Gasteiger partial charge in [0, 0.05) is 56.6 Å². The maximum absolute atomic E-state index is 13.4. The predicted molar refractivity (Wildman–Crippen MR) is 107 cm³/mol. The van der Waals surface area contributed by atoms with Crippen LogP contribution in [0.2, 0.25) is 0 Å². The van der Waals surface area contributed by atoms with Gasteiger partial charge in [-0.15, -0.1) is 8.86 Å². The molecule has 0 aromatic carbocycles. The predicted octanol–water partition coefficient (Wildman–Crippen LogP) is 4.43. The van der Waals surface area contributed by atoms with Gasteiger partial charge in [-0.25, -0.2) is 13.8 Å². The van der Waals surface area contributed by atoms with E-state index in [1.54, 1.807) is 0 Å². The van der Waals surface area contributed by atoms with Crippen molar-refractivity contribution in [1.82, 2.24) is 9.88 Å². The van der Waals surface area contributed by atoms with Gasteiger partial charge in [-0.05, 0) is 29.9 Å². The molecule has 0 N–H and O–H groups in total. The Morgan fingerprint density at radius 2 is 1.77 bits per heavy atom. The van der Waals surface area contributed by atoms with Crippen LogP contribution >= 0.6 is 8.86 Å². The Kier molecular flexibility index (Phi) is 5.69. The number of fused-ring (bicyclic) bond motifs is 1. The van der Waals surface area contributed by atoms with E-state index >= 15 is 0 Å². The lowest BCUT2D eigenvalue weighted by molar-refractivity contribution is -0.0221. The Labute approximate surface area is 158 Å². The quantitative estimate of drug-likeness (QED) is 0.723. The molecule has 0 bridgehead atoms. The number of pyridine rings is 1. The van der Waals surface area contributed by atoms with E-state index in [1.165, 1.54) is 11.0 Å². The van der Waals surface area contributed by atoms with E-state index in [0.29, 0.717) is 13.1 Å². The maximum atomic E-state index is 13.4. The summed E-state index contributed by atoms with van der Waals surface area (Å²) < 4.78 is 26.8. The van der Waals surface area contributed by atoms with Crippen molar-refractivity contribution >= 4 is 20.1 Å². The summed E-state index contributed by atoms with van der Waals surface area (Å²) in [6, 6.07) is 4.15. The Balaban J connectivity index is 1.66. The normalized spacial score (nSPS) is 21.2. The molecule has 26 heavy (non-hydrogen) atoms. The van der Waals surface area contributed by atoms with Crippen molar-refractivity contribution in [2.24, 2.45) is 5.41 Å². The minimum Gasteiger partial charge on any atom is -0.356 e. The molecule has 1 fully saturated rings. The van der Waals surface area contributed by atoms with E-state index in [0.717, 1.165) is 43.9 Å². The number of halogens is 2. The third kappa shape index (κ3) is 5.01. The van der Waals surface area contributed by atoms with E-state index in [9.17, 15) is 8.78 Å². The average Bonchev–Trinajstić information content (AvgIpc) is 2.75. The third-order valence-corrected chi connectivity index (χ3v) is 5.71. The number of nitrogens with zero attached hydrogens (tertiary/aromatic N) is 3. The maximum Gasteiger partial charge on any atom is 0.251 e. The highest BCUT2D eigenvalue weighted by molar-refractivity contribution is 7.20. The Morgan fingerprint density at radius 1 is 1.12 bits per heavy atom. The van der Waals surface area contributed by atoms with Crippen molar-refractivity contribution < 1.29 is 8.78 Å². The van der Waals surface area contributed by atoms with E-state index in [1.807, 2.05) is 11.0 Å². The monoisotopic (exact) mass is 381 g/mol. The second kappa shape index (κ2) is 7.52. The van der Waals surface area contributed by atoms with Gasteiger partial charge in [-0.2, -0.15) is 0 Å². The van der Waals surface area contributed by atoms with Crippen LogP contribution in [0.1, 0.15) is 51.3 Å². The second-order valence-electron chi connectivity index (χ2n) is 8.79. The van der Waals surface area contributed by atoms with Crippen LogP contribution in [-0.4, -0.2) is 47.4 Å². The zero-order valence-corrected chi connectivity index (χ0v) is 17.1. The van der Waals surface area contributed by atoms with Crippen LogP contribution in [0.3, 0.4) is 0 Å². The highest BCUT2D eigenvalue weighted by Gasteiger charge is 2.34. The Hall–Kier alpha value is -1.06. The van der Waals surface area contributed by atoms with Gasteiger partial charge in [0.1, 0.15) is 5.82 Å². The lowest BCUT2D eigenvalue weighted by Gasteiger charge is -2.32. The molecule has 2 aliphatic rings. The molecule has 2 aliphatic heterocycles. The summed E-state index contributed by atoms with van der Waals surface area (Å²) in [6.07, 6.45) is 2.73. The van der Waals surface area contributed by atoms with Crippen LogP contribution in [0.4, 0.5) is 14.6 Å². The molecule has 1 aromatic rings. The van der Waals surface area contributed by atoms with Crippen LogP contribution in [0, 0.1) is 5.41 Å². The molecule has 144 valence electrons. The van der Waals surface area contributed by atoms with E-state index in [-0.39, 0.29) is 18.3 Å². The first-order chi connectivity index (χ1) is 12.1. The Bertz CT molecular complexity index is 660. The van der Waals surface area contributed by atoms with Crippen LogP contribution in [-0.2, 0) is 12.8 Å². The summed E-state index contributed by atoms with van der Waals surface area (Å²) in [6.45, 7) is 9.43. The summed E-state index contributed by atoms with van der Waals surface area (Å²) in [5, 5.41) is 0. The van der Waals surface area contributed by atoms with Gasteiger partial charge in [0.25, 0.3) is 5.92 Å². The fourth-order valence-corrected chi connectivity index (χ4v) is 4.45. The van der Waals surface area contributed by atoms with Crippen LogP contribution in [0.25, 0.3) is 0 Å². The number of alkyl halides is 2. The molecular formula is C20H30F2N3P. The van der Waals surface area contributed by atoms with Crippen LogP contribution in [0.5, 0.6) is 0 Å². The molecule has 3 nitrogen and oxygen atoms in total. The van der Waals surface area contributed by atoms with Gasteiger partial charge in [0.15, 0.2) is 0 Å². The van der Waals surface area contributed by atoms with Crippen molar-refractivity contribution in [2.45, 2.75) is 58.8 Å². The van der Waals surface area contributed by atoms with E-state index in [4.69, 9.17) is 4.98 Å². The molecule has 0 atom stereocenters. The number of hydrogen-bond donors (Lipinski definition) is 0. The summed E-state index contributed by atoms with van der Waals surface area (Å²) in [7, 11) is 3.84. The number of anilines is 1. The molecule has 1 saturated heterocycles. The molecule has 0 aliphatic carbocycles. The van der Waals surface area contributed by atoms with Gasteiger partial charge < -0.3 is 4.90 Å². The van der Waals surface area contributed by atoms with Crippen molar-refractivity contribution in [3.8, 4) is 0 Å². The van der Waals surface area contributed by atoms with Crippen LogP contribution < -0.4 is 4.90 Å². The molecule has 0 unspecified atom stereocenters. The first-order valence-corrected chi connectivity index (χ1v) is 10.1. The van der Waals surface area contributed by atoms with Gasteiger partial charge in [0.2, 0.25) is 0 Å². The molecular weight excluding hydrogens is 351 g/mol. The third-order valence-electron chi connectivity index (χ3n) is 5.22. The fourth-order valence-electron chi connectivity index (χ4n) is 3.69. The number of hydrogen-bond acceptors (Lipinski definition) is 2.